The van der Waals surface area contributed by atoms with Gasteiger partial charge in [-0.1, -0.05) is 86.0 Å². The van der Waals surface area contributed by atoms with Crippen LogP contribution < -0.4 is 10.4 Å². The van der Waals surface area contributed by atoms with Crippen LogP contribution in [0.25, 0.3) is 10.8 Å². The smallest absolute Gasteiger partial charge is 0.252 e. The monoisotopic (exact) mass is 595 g/mol. The van der Waals surface area contributed by atoms with Crippen LogP contribution in [0, 0.1) is 11.8 Å². The van der Waals surface area contributed by atoms with Gasteiger partial charge >= 0.3 is 0 Å². The van der Waals surface area contributed by atoms with Crippen LogP contribution in [0.4, 0.5) is 0 Å². The third-order valence-corrected chi connectivity index (χ3v) is 10.2. The van der Waals surface area contributed by atoms with Gasteiger partial charge in [-0.05, 0) is 41.2 Å². The number of fused-ring (bicyclic) bond motifs is 4. The van der Waals surface area contributed by atoms with Gasteiger partial charge in [0, 0.05) is 30.8 Å². The Morgan fingerprint density at radius 1 is 0.977 bits per heavy atom. The molecule has 1 unspecified atom stereocenters. The summed E-state index contributed by atoms with van der Waals surface area (Å²) in [5, 5.41) is 26.0. The van der Waals surface area contributed by atoms with Crippen LogP contribution in [-0.4, -0.2) is 52.6 Å². The van der Waals surface area contributed by atoms with Gasteiger partial charge in [-0.3, -0.25) is 4.79 Å². The number of piperidine rings is 3. The number of nitrogens with zero attached hydrogens (tertiary/aromatic N) is 2. The number of hydrogen-bond acceptors (Lipinski definition) is 6. The number of benzene rings is 3. The quantitative estimate of drug-likeness (QED) is 0.239. The Kier molecular flexibility index (Phi) is 8.82. The maximum atomic E-state index is 13.5. The number of oxazole rings is 1. The largest absolute Gasteiger partial charge is 0.554 e. The lowest BCUT2D eigenvalue weighted by Gasteiger charge is -2.52. The second-order valence-electron chi connectivity index (χ2n) is 12.8. The molecule has 0 spiro atoms. The maximum absolute atomic E-state index is 13.5. The predicted molar refractivity (Wildman–Crippen MR) is 165 cm³/mol. The number of nitrogens with one attached hydrogen (secondary N) is 1. The topological polar surface area (TPSA) is 115 Å². The van der Waals surface area contributed by atoms with Crippen molar-refractivity contribution in [1.29, 1.82) is 0 Å². The molecule has 230 valence electrons. The van der Waals surface area contributed by atoms with Crippen LogP contribution in [0.5, 0.6) is 0 Å². The molecule has 1 amide bonds. The predicted octanol–water partition coefficient (Wildman–Crippen LogP) is 4.55. The van der Waals surface area contributed by atoms with Gasteiger partial charge in [0.05, 0.1) is 31.9 Å². The van der Waals surface area contributed by atoms with Crippen molar-refractivity contribution in [2.75, 3.05) is 19.6 Å². The normalized spacial score (nSPS) is 24.6. The summed E-state index contributed by atoms with van der Waals surface area (Å²) in [6, 6.07) is 24.1. The van der Waals surface area contributed by atoms with Crippen LogP contribution in [-0.2, 0) is 16.9 Å². The second-order valence-corrected chi connectivity index (χ2v) is 12.8. The molecule has 3 aliphatic heterocycles. The summed E-state index contributed by atoms with van der Waals surface area (Å²) in [4.78, 5) is 26.5. The van der Waals surface area contributed by atoms with Gasteiger partial charge in [-0.25, -0.2) is 4.98 Å². The van der Waals surface area contributed by atoms with Crippen molar-refractivity contribution in [3.05, 3.63) is 102 Å². The van der Waals surface area contributed by atoms with Gasteiger partial charge in [0.1, 0.15) is 6.54 Å². The number of carboxylic acid groups (broad SMARTS) is 1. The van der Waals surface area contributed by atoms with Crippen LogP contribution in [0.15, 0.2) is 83.4 Å². The summed E-state index contributed by atoms with van der Waals surface area (Å²) >= 11 is 0. The molecule has 2 atom stereocenters. The highest BCUT2D eigenvalue weighted by Gasteiger charge is 2.48. The van der Waals surface area contributed by atoms with Crippen LogP contribution in [0.1, 0.15) is 72.5 Å². The molecule has 0 radical (unpaired) electrons. The Bertz CT molecular complexity index is 1570. The summed E-state index contributed by atoms with van der Waals surface area (Å²) in [6.07, 6.45) is 9.45. The van der Waals surface area contributed by atoms with Crippen molar-refractivity contribution in [1.82, 2.24) is 10.3 Å². The highest BCUT2D eigenvalue weighted by molar-refractivity contribution is 6.07. The van der Waals surface area contributed by atoms with E-state index in [1.54, 1.807) is 0 Å². The number of amides is 1. The van der Waals surface area contributed by atoms with E-state index in [1.807, 2.05) is 66.9 Å². The Morgan fingerprint density at radius 3 is 2.41 bits per heavy atom. The minimum absolute atomic E-state index is 0.0149. The molecule has 2 N–H and O–H groups in total. The lowest BCUT2D eigenvalue weighted by Crippen LogP contribution is -2.66. The minimum atomic E-state index is -1.22. The minimum Gasteiger partial charge on any atom is -0.554 e. The summed E-state index contributed by atoms with van der Waals surface area (Å²) in [5.41, 5.74) is 0.389. The summed E-state index contributed by atoms with van der Waals surface area (Å²) in [7, 11) is 0. The summed E-state index contributed by atoms with van der Waals surface area (Å²) in [5.74, 6) is 1.87. The molecule has 8 heteroatoms. The zero-order chi connectivity index (χ0) is 30.6. The SMILES string of the molecule is O=C(NC1C[N+]2(Cc3cnc([C@](O)(c4ccccc4)C4CCCCC4)o3)CCC1CC2)c1cccc2ccccc12.O=C[O-]. The van der Waals surface area contributed by atoms with Crippen molar-refractivity contribution in [2.24, 2.45) is 11.8 Å². The molecule has 3 aromatic carbocycles. The van der Waals surface area contributed by atoms with Gasteiger partial charge in [-0.15, -0.1) is 0 Å². The molecule has 1 aromatic heterocycles. The number of aliphatic hydroxyl groups is 1. The number of aromatic nitrogens is 1. The van der Waals surface area contributed by atoms with Crippen LogP contribution in [0.2, 0.25) is 0 Å². The first-order valence-electron chi connectivity index (χ1n) is 15.9. The molecular formula is C36H41N3O5. The van der Waals surface area contributed by atoms with Crippen molar-refractivity contribution in [2.45, 2.75) is 63.1 Å². The molecule has 2 bridgehead atoms. The van der Waals surface area contributed by atoms with Crippen molar-refractivity contribution in [3.8, 4) is 0 Å². The summed E-state index contributed by atoms with van der Waals surface area (Å²) < 4.78 is 7.36. The lowest BCUT2D eigenvalue weighted by atomic mass is 9.73. The number of quaternary nitrogens is 1. The standard InChI is InChI=1S/C35H39N3O3.CH2O2/c39-33(31-17-9-11-25-10-7-8-16-30(25)31)37-32-24-38(20-18-26(32)19-21-38)23-29-22-36-34(41-29)35(40,27-12-3-1-4-13-27)28-14-5-2-6-15-28;2-1-3/h1,3-4,7-13,16-17,22,26,28,32,40H,2,5-6,14-15,18-21,23-24H2;1H,(H,2,3)/t26?,32?,35-,38?;/m0./s1. The summed E-state index contributed by atoms with van der Waals surface area (Å²) in [6.45, 7) is 3.28. The molecule has 44 heavy (non-hydrogen) atoms. The molecule has 4 aromatic rings. The Hall–Kier alpha value is -4.01. The van der Waals surface area contributed by atoms with Gasteiger partial charge < -0.3 is 29.2 Å². The third kappa shape index (κ3) is 5.88. The van der Waals surface area contributed by atoms with E-state index in [2.05, 4.69) is 17.4 Å². The van der Waals surface area contributed by atoms with E-state index < -0.39 is 12.1 Å². The van der Waals surface area contributed by atoms with E-state index in [-0.39, 0.29) is 17.9 Å². The van der Waals surface area contributed by atoms with Gasteiger partial charge in [0.25, 0.3) is 5.91 Å². The molecule has 1 saturated carbocycles. The van der Waals surface area contributed by atoms with E-state index in [9.17, 15) is 9.90 Å². The van der Waals surface area contributed by atoms with Crippen molar-refractivity contribution < 1.29 is 28.7 Å². The van der Waals surface area contributed by atoms with Crippen molar-refractivity contribution in [3.63, 3.8) is 0 Å². The first kappa shape index (κ1) is 30.0. The van der Waals surface area contributed by atoms with Gasteiger partial charge in [-0.2, -0.15) is 0 Å². The molecular weight excluding hydrogens is 554 g/mol. The molecule has 8 rings (SSSR count). The van der Waals surface area contributed by atoms with E-state index >= 15 is 0 Å². The highest BCUT2D eigenvalue weighted by Crippen LogP contribution is 2.44. The number of carbonyl (C=O) groups is 2. The van der Waals surface area contributed by atoms with Gasteiger partial charge in [0.15, 0.2) is 11.4 Å². The average Bonchev–Trinajstić information content (AvgIpc) is 3.54. The maximum Gasteiger partial charge on any atom is 0.252 e. The first-order chi connectivity index (χ1) is 21.5. The van der Waals surface area contributed by atoms with Crippen molar-refractivity contribution >= 4 is 23.2 Å². The van der Waals surface area contributed by atoms with Crippen LogP contribution >= 0.6 is 0 Å². The molecule has 4 fully saturated rings. The van der Waals surface area contributed by atoms with E-state index in [1.165, 1.54) is 6.42 Å². The van der Waals surface area contributed by atoms with E-state index in [0.29, 0.717) is 11.8 Å². The fourth-order valence-corrected chi connectivity index (χ4v) is 7.98. The molecule has 8 nitrogen and oxygen atoms in total. The Balaban J connectivity index is 0.00000110. The Labute approximate surface area is 258 Å². The molecule has 1 aliphatic carbocycles. The molecule has 4 heterocycles. The number of rotatable bonds is 7. The van der Waals surface area contributed by atoms with E-state index in [0.717, 1.165) is 96.8 Å². The average molecular weight is 596 g/mol. The van der Waals surface area contributed by atoms with Gasteiger partial charge in [0.2, 0.25) is 5.89 Å². The Morgan fingerprint density at radius 2 is 1.66 bits per heavy atom. The fraction of sp³-hybridized carbons (Fsp3) is 0.417. The molecule has 3 saturated heterocycles. The zero-order valence-electron chi connectivity index (χ0n) is 25.1. The third-order valence-electron chi connectivity index (χ3n) is 10.2. The zero-order valence-corrected chi connectivity index (χ0v) is 25.1. The number of carbonyl (C=O) groups excluding carboxylic acids is 2. The highest BCUT2D eigenvalue weighted by atomic mass is 16.4. The molecule has 4 aliphatic rings. The first-order valence-corrected chi connectivity index (χ1v) is 15.9. The van der Waals surface area contributed by atoms with E-state index in [4.69, 9.17) is 19.3 Å². The second kappa shape index (κ2) is 12.9. The fourth-order valence-electron chi connectivity index (χ4n) is 7.98. The number of hydrogen-bond donors (Lipinski definition) is 2. The van der Waals surface area contributed by atoms with Crippen LogP contribution in [0.3, 0.4) is 0 Å². The lowest BCUT2D eigenvalue weighted by molar-refractivity contribution is -0.956.